The predicted molar refractivity (Wildman–Crippen MR) is 88.2 cm³/mol. The van der Waals surface area contributed by atoms with Crippen LogP contribution in [0.3, 0.4) is 0 Å². The second kappa shape index (κ2) is 9.60. The Morgan fingerprint density at radius 3 is 2.75 bits per heavy atom. The standard InChI is InChI=1S/C18H29NO/c1-5-10-20-18-9-7-8-17(12-18)11-16(6-2)14-19-13-15(3)4/h7-9,11-12,15,19H,5-6,10,13-14H2,1-4H3. The van der Waals surface area contributed by atoms with Crippen LogP contribution in [-0.2, 0) is 0 Å². The molecule has 0 atom stereocenters. The molecule has 0 saturated carbocycles. The summed E-state index contributed by atoms with van der Waals surface area (Å²) in [4.78, 5) is 0. The summed E-state index contributed by atoms with van der Waals surface area (Å²) in [7, 11) is 0. The van der Waals surface area contributed by atoms with E-state index in [1.54, 1.807) is 0 Å². The Morgan fingerprint density at radius 2 is 2.10 bits per heavy atom. The summed E-state index contributed by atoms with van der Waals surface area (Å²) < 4.78 is 5.68. The molecule has 1 rings (SSSR count). The molecule has 0 bridgehead atoms. The number of benzene rings is 1. The minimum atomic E-state index is 0.693. The van der Waals surface area contributed by atoms with Crippen molar-refractivity contribution in [1.29, 1.82) is 0 Å². The molecule has 0 saturated heterocycles. The molecule has 1 aromatic rings. The van der Waals surface area contributed by atoms with Crippen LogP contribution in [0.1, 0.15) is 46.1 Å². The Labute approximate surface area is 124 Å². The van der Waals surface area contributed by atoms with Gasteiger partial charge in [0.2, 0.25) is 0 Å². The Hall–Kier alpha value is -1.28. The first-order valence-corrected chi connectivity index (χ1v) is 7.78. The van der Waals surface area contributed by atoms with Crippen LogP contribution in [0.2, 0.25) is 0 Å². The first kappa shape index (κ1) is 16.8. The third-order valence-electron chi connectivity index (χ3n) is 3.06. The molecule has 112 valence electrons. The Kier molecular flexibility index (Phi) is 8.05. The molecular weight excluding hydrogens is 246 g/mol. The van der Waals surface area contributed by atoms with Crippen molar-refractivity contribution in [1.82, 2.24) is 5.32 Å². The maximum Gasteiger partial charge on any atom is 0.119 e. The van der Waals surface area contributed by atoms with Gasteiger partial charge in [-0.2, -0.15) is 0 Å². The molecule has 0 amide bonds. The molecule has 1 N–H and O–H groups in total. The van der Waals surface area contributed by atoms with E-state index in [1.807, 2.05) is 6.07 Å². The van der Waals surface area contributed by atoms with Gasteiger partial charge in [-0.25, -0.2) is 0 Å². The molecule has 0 unspecified atom stereocenters. The van der Waals surface area contributed by atoms with E-state index in [0.29, 0.717) is 5.92 Å². The zero-order chi connectivity index (χ0) is 14.8. The molecule has 1 aromatic carbocycles. The summed E-state index contributed by atoms with van der Waals surface area (Å²) in [6.45, 7) is 11.6. The number of ether oxygens (including phenoxy) is 1. The van der Waals surface area contributed by atoms with Crippen LogP contribution in [0, 0.1) is 5.92 Å². The molecule has 2 heteroatoms. The highest BCUT2D eigenvalue weighted by molar-refractivity contribution is 5.55. The van der Waals surface area contributed by atoms with Gasteiger partial charge >= 0.3 is 0 Å². The van der Waals surface area contributed by atoms with E-state index in [0.717, 1.165) is 38.3 Å². The zero-order valence-corrected chi connectivity index (χ0v) is 13.4. The topological polar surface area (TPSA) is 21.3 Å². The van der Waals surface area contributed by atoms with Crippen molar-refractivity contribution in [3.63, 3.8) is 0 Å². The number of rotatable bonds is 9. The van der Waals surface area contributed by atoms with E-state index in [4.69, 9.17) is 4.74 Å². The molecule has 0 aliphatic heterocycles. The van der Waals surface area contributed by atoms with Crippen LogP contribution in [0.5, 0.6) is 5.75 Å². The normalized spacial score (nSPS) is 11.9. The smallest absolute Gasteiger partial charge is 0.119 e. The van der Waals surface area contributed by atoms with Crippen molar-refractivity contribution < 1.29 is 4.74 Å². The number of hydrogen-bond acceptors (Lipinski definition) is 2. The zero-order valence-electron chi connectivity index (χ0n) is 13.4. The first-order chi connectivity index (χ1) is 9.65. The molecule has 20 heavy (non-hydrogen) atoms. The van der Waals surface area contributed by atoms with Crippen LogP contribution >= 0.6 is 0 Å². The van der Waals surface area contributed by atoms with Crippen molar-refractivity contribution >= 4 is 6.08 Å². The predicted octanol–water partition coefficient (Wildman–Crippen LogP) is 4.51. The summed E-state index contributed by atoms with van der Waals surface area (Å²) in [5.41, 5.74) is 2.65. The summed E-state index contributed by atoms with van der Waals surface area (Å²) >= 11 is 0. The van der Waals surface area contributed by atoms with E-state index in [9.17, 15) is 0 Å². The first-order valence-electron chi connectivity index (χ1n) is 7.78. The highest BCUT2D eigenvalue weighted by Crippen LogP contribution is 2.17. The van der Waals surface area contributed by atoms with E-state index < -0.39 is 0 Å². The van der Waals surface area contributed by atoms with Gasteiger partial charge in [0.25, 0.3) is 0 Å². The van der Waals surface area contributed by atoms with Crippen LogP contribution < -0.4 is 10.1 Å². The molecular formula is C18H29NO. The minimum Gasteiger partial charge on any atom is -0.494 e. The fraction of sp³-hybridized carbons (Fsp3) is 0.556. The molecule has 0 aliphatic rings. The van der Waals surface area contributed by atoms with Gasteiger partial charge in [-0.3, -0.25) is 0 Å². The lowest BCUT2D eigenvalue weighted by Gasteiger charge is -2.10. The van der Waals surface area contributed by atoms with Gasteiger partial charge in [0, 0.05) is 6.54 Å². The van der Waals surface area contributed by atoms with Crippen LogP contribution in [0.25, 0.3) is 6.08 Å². The lowest BCUT2D eigenvalue weighted by atomic mass is 10.1. The van der Waals surface area contributed by atoms with Gasteiger partial charge in [-0.05, 0) is 43.0 Å². The van der Waals surface area contributed by atoms with Crippen LogP contribution in [0.4, 0.5) is 0 Å². The molecule has 0 aliphatic carbocycles. The van der Waals surface area contributed by atoms with E-state index in [1.165, 1.54) is 11.1 Å². The quantitative estimate of drug-likeness (QED) is 0.715. The van der Waals surface area contributed by atoms with E-state index >= 15 is 0 Å². The maximum absolute atomic E-state index is 5.68. The van der Waals surface area contributed by atoms with Gasteiger partial charge in [0.1, 0.15) is 5.75 Å². The maximum atomic E-state index is 5.68. The van der Waals surface area contributed by atoms with Crippen molar-refractivity contribution in [3.8, 4) is 5.75 Å². The van der Waals surface area contributed by atoms with Crippen molar-refractivity contribution in [2.24, 2.45) is 5.92 Å². The Bertz CT molecular complexity index is 410. The summed E-state index contributed by atoms with van der Waals surface area (Å²) in [5.74, 6) is 1.66. The van der Waals surface area contributed by atoms with Gasteiger partial charge in [-0.1, -0.05) is 51.5 Å². The summed E-state index contributed by atoms with van der Waals surface area (Å²) in [6, 6.07) is 8.34. The summed E-state index contributed by atoms with van der Waals surface area (Å²) in [5, 5.41) is 3.51. The van der Waals surface area contributed by atoms with Gasteiger partial charge in [-0.15, -0.1) is 0 Å². The van der Waals surface area contributed by atoms with E-state index in [2.05, 4.69) is 57.3 Å². The van der Waals surface area contributed by atoms with Gasteiger partial charge in [0.05, 0.1) is 6.61 Å². The van der Waals surface area contributed by atoms with Crippen LogP contribution in [-0.4, -0.2) is 19.7 Å². The number of hydrogen-bond donors (Lipinski definition) is 1. The van der Waals surface area contributed by atoms with Crippen molar-refractivity contribution in [2.75, 3.05) is 19.7 Å². The second-order valence-corrected chi connectivity index (χ2v) is 5.60. The average molecular weight is 275 g/mol. The SMILES string of the molecule is CCCOc1cccc(C=C(CC)CNCC(C)C)c1. The molecule has 0 heterocycles. The Morgan fingerprint density at radius 1 is 1.30 bits per heavy atom. The third-order valence-corrected chi connectivity index (χ3v) is 3.06. The molecule has 0 spiro atoms. The fourth-order valence-corrected chi connectivity index (χ4v) is 1.95. The van der Waals surface area contributed by atoms with Crippen molar-refractivity contribution in [2.45, 2.75) is 40.5 Å². The average Bonchev–Trinajstić information content (AvgIpc) is 2.44. The highest BCUT2D eigenvalue weighted by Gasteiger charge is 1.99. The van der Waals surface area contributed by atoms with E-state index in [-0.39, 0.29) is 0 Å². The molecule has 2 nitrogen and oxygen atoms in total. The molecule has 0 aromatic heterocycles. The van der Waals surface area contributed by atoms with Gasteiger partial charge in [0.15, 0.2) is 0 Å². The number of nitrogens with one attached hydrogen (secondary N) is 1. The monoisotopic (exact) mass is 275 g/mol. The largest absolute Gasteiger partial charge is 0.494 e. The molecule has 0 radical (unpaired) electrons. The highest BCUT2D eigenvalue weighted by atomic mass is 16.5. The lowest BCUT2D eigenvalue weighted by molar-refractivity contribution is 0.317. The third kappa shape index (κ3) is 6.76. The van der Waals surface area contributed by atoms with Crippen LogP contribution in [0.15, 0.2) is 29.8 Å². The lowest BCUT2D eigenvalue weighted by Crippen LogP contribution is -2.21. The minimum absolute atomic E-state index is 0.693. The van der Waals surface area contributed by atoms with Crippen molar-refractivity contribution in [3.05, 3.63) is 35.4 Å². The summed E-state index contributed by atoms with van der Waals surface area (Å²) in [6.07, 6.45) is 4.39. The Balaban J connectivity index is 2.63. The van der Waals surface area contributed by atoms with Gasteiger partial charge < -0.3 is 10.1 Å². The second-order valence-electron chi connectivity index (χ2n) is 5.60. The fourth-order valence-electron chi connectivity index (χ4n) is 1.95. The molecule has 0 fully saturated rings.